The van der Waals surface area contributed by atoms with E-state index >= 15 is 0 Å². The maximum atomic E-state index is 12.6. The standard InChI is InChI=1S/C19H24N4O/c1-15-20-11-10-17(22-15)14-21-19(24)23-12-6-5-9-18(23)13-16-7-3-2-4-8-16/h2-4,7-8,10-11,18H,5-6,9,12-14H2,1H3,(H,21,24)/t18-/m0/s1. The zero-order valence-corrected chi connectivity index (χ0v) is 14.1. The van der Waals surface area contributed by atoms with Crippen LogP contribution in [-0.4, -0.2) is 33.5 Å². The van der Waals surface area contributed by atoms with Gasteiger partial charge in [-0.05, 0) is 44.2 Å². The molecule has 1 saturated heterocycles. The monoisotopic (exact) mass is 324 g/mol. The van der Waals surface area contributed by atoms with Crippen molar-refractivity contribution in [3.63, 3.8) is 0 Å². The van der Waals surface area contributed by atoms with E-state index in [-0.39, 0.29) is 12.1 Å². The lowest BCUT2D eigenvalue weighted by Crippen LogP contribution is -2.49. The molecule has 1 N–H and O–H groups in total. The number of carbonyl (C=O) groups excluding carboxylic acids is 1. The van der Waals surface area contributed by atoms with Crippen LogP contribution < -0.4 is 5.32 Å². The van der Waals surface area contributed by atoms with Crippen LogP contribution in [0.3, 0.4) is 0 Å². The van der Waals surface area contributed by atoms with E-state index in [1.807, 2.05) is 24.0 Å². The van der Waals surface area contributed by atoms with E-state index in [9.17, 15) is 4.79 Å². The highest BCUT2D eigenvalue weighted by molar-refractivity contribution is 5.74. The van der Waals surface area contributed by atoms with Crippen LogP contribution in [0.1, 0.15) is 36.3 Å². The van der Waals surface area contributed by atoms with Gasteiger partial charge in [-0.3, -0.25) is 0 Å². The number of urea groups is 1. The largest absolute Gasteiger partial charge is 0.332 e. The van der Waals surface area contributed by atoms with Gasteiger partial charge in [-0.25, -0.2) is 14.8 Å². The minimum atomic E-state index is 0.00639. The van der Waals surface area contributed by atoms with Crippen molar-refractivity contribution in [1.29, 1.82) is 0 Å². The number of piperidine rings is 1. The first-order chi connectivity index (χ1) is 11.7. The van der Waals surface area contributed by atoms with Crippen molar-refractivity contribution < 1.29 is 4.79 Å². The average molecular weight is 324 g/mol. The molecule has 1 atom stereocenters. The first-order valence-corrected chi connectivity index (χ1v) is 8.59. The Hall–Kier alpha value is -2.43. The summed E-state index contributed by atoms with van der Waals surface area (Å²) in [6.07, 6.45) is 5.97. The Labute approximate surface area is 143 Å². The summed E-state index contributed by atoms with van der Waals surface area (Å²) < 4.78 is 0. The Morgan fingerprint density at radius 3 is 2.88 bits per heavy atom. The van der Waals surface area contributed by atoms with Crippen molar-refractivity contribution in [3.8, 4) is 0 Å². The molecule has 2 aromatic rings. The Kier molecular flexibility index (Phi) is 5.41. The zero-order valence-electron chi connectivity index (χ0n) is 14.1. The molecule has 0 spiro atoms. The van der Waals surface area contributed by atoms with E-state index in [0.717, 1.165) is 37.3 Å². The number of hydrogen-bond donors (Lipinski definition) is 1. The van der Waals surface area contributed by atoms with Crippen molar-refractivity contribution in [2.24, 2.45) is 0 Å². The van der Waals surface area contributed by atoms with Crippen LogP contribution >= 0.6 is 0 Å². The van der Waals surface area contributed by atoms with Crippen molar-refractivity contribution in [2.75, 3.05) is 6.54 Å². The van der Waals surface area contributed by atoms with Crippen LogP contribution in [0, 0.1) is 6.92 Å². The van der Waals surface area contributed by atoms with Crippen molar-refractivity contribution in [2.45, 2.75) is 45.2 Å². The van der Waals surface area contributed by atoms with Gasteiger partial charge in [-0.2, -0.15) is 0 Å². The van der Waals surface area contributed by atoms with E-state index in [0.29, 0.717) is 6.54 Å². The summed E-state index contributed by atoms with van der Waals surface area (Å²) in [5.74, 6) is 0.724. The van der Waals surface area contributed by atoms with Gasteiger partial charge in [0.05, 0.1) is 12.2 Å². The van der Waals surface area contributed by atoms with Gasteiger partial charge in [0, 0.05) is 18.8 Å². The smallest absolute Gasteiger partial charge is 0.317 e. The molecule has 3 rings (SSSR count). The fraction of sp³-hybridized carbons (Fsp3) is 0.421. The molecule has 0 unspecified atom stereocenters. The molecule has 0 aliphatic carbocycles. The molecule has 1 aliphatic heterocycles. The Morgan fingerprint density at radius 2 is 2.08 bits per heavy atom. The number of aryl methyl sites for hydroxylation is 1. The number of rotatable bonds is 4. The van der Waals surface area contributed by atoms with Gasteiger partial charge in [0.1, 0.15) is 5.82 Å². The van der Waals surface area contributed by atoms with E-state index in [4.69, 9.17) is 0 Å². The lowest BCUT2D eigenvalue weighted by Gasteiger charge is -2.36. The molecule has 126 valence electrons. The minimum Gasteiger partial charge on any atom is -0.332 e. The number of carbonyl (C=O) groups is 1. The van der Waals surface area contributed by atoms with E-state index in [1.54, 1.807) is 6.20 Å². The summed E-state index contributed by atoms with van der Waals surface area (Å²) in [6, 6.07) is 12.5. The van der Waals surface area contributed by atoms with Crippen LogP contribution in [0.25, 0.3) is 0 Å². The number of nitrogens with zero attached hydrogens (tertiary/aromatic N) is 3. The summed E-state index contributed by atoms with van der Waals surface area (Å²) in [5, 5.41) is 3.01. The van der Waals surface area contributed by atoms with Gasteiger partial charge in [0.2, 0.25) is 0 Å². The van der Waals surface area contributed by atoms with Gasteiger partial charge >= 0.3 is 6.03 Å². The lowest BCUT2D eigenvalue weighted by molar-refractivity contribution is 0.150. The maximum Gasteiger partial charge on any atom is 0.317 e. The molecule has 1 fully saturated rings. The molecule has 2 amide bonds. The third kappa shape index (κ3) is 4.31. The van der Waals surface area contributed by atoms with Gasteiger partial charge < -0.3 is 10.2 Å². The number of benzene rings is 1. The molecular formula is C19H24N4O. The molecule has 0 saturated carbocycles. The lowest BCUT2D eigenvalue weighted by atomic mass is 9.96. The van der Waals surface area contributed by atoms with Gasteiger partial charge in [0.25, 0.3) is 0 Å². The number of hydrogen-bond acceptors (Lipinski definition) is 3. The van der Waals surface area contributed by atoms with Crippen molar-refractivity contribution >= 4 is 6.03 Å². The van der Waals surface area contributed by atoms with Crippen LogP contribution in [0.5, 0.6) is 0 Å². The van der Waals surface area contributed by atoms with Crippen molar-refractivity contribution in [1.82, 2.24) is 20.2 Å². The molecule has 1 aliphatic rings. The predicted molar refractivity (Wildman–Crippen MR) is 93.5 cm³/mol. The van der Waals surface area contributed by atoms with Crippen LogP contribution in [0.15, 0.2) is 42.6 Å². The topological polar surface area (TPSA) is 58.1 Å². The summed E-state index contributed by atoms with van der Waals surface area (Å²) in [4.78, 5) is 23.0. The third-order valence-corrected chi connectivity index (χ3v) is 4.46. The van der Waals surface area contributed by atoms with E-state index < -0.39 is 0 Å². The number of amides is 2. The first-order valence-electron chi connectivity index (χ1n) is 8.59. The molecule has 1 aromatic carbocycles. The molecule has 0 radical (unpaired) electrons. The molecule has 5 nitrogen and oxygen atoms in total. The van der Waals surface area contributed by atoms with E-state index in [2.05, 4.69) is 39.6 Å². The highest BCUT2D eigenvalue weighted by atomic mass is 16.2. The van der Waals surface area contributed by atoms with Crippen LogP contribution in [0.4, 0.5) is 4.79 Å². The number of nitrogens with one attached hydrogen (secondary N) is 1. The highest BCUT2D eigenvalue weighted by Gasteiger charge is 2.26. The Morgan fingerprint density at radius 1 is 1.25 bits per heavy atom. The van der Waals surface area contributed by atoms with Gasteiger partial charge in [-0.1, -0.05) is 30.3 Å². The zero-order chi connectivity index (χ0) is 16.8. The molecule has 5 heteroatoms. The summed E-state index contributed by atoms with van der Waals surface area (Å²) in [5.41, 5.74) is 2.13. The number of aromatic nitrogens is 2. The van der Waals surface area contributed by atoms with Crippen LogP contribution in [-0.2, 0) is 13.0 Å². The predicted octanol–water partition coefficient (Wildman–Crippen LogP) is 3.09. The van der Waals surface area contributed by atoms with Gasteiger partial charge in [0.15, 0.2) is 0 Å². The molecule has 24 heavy (non-hydrogen) atoms. The van der Waals surface area contributed by atoms with Crippen LogP contribution in [0.2, 0.25) is 0 Å². The van der Waals surface area contributed by atoms with Gasteiger partial charge in [-0.15, -0.1) is 0 Å². The highest BCUT2D eigenvalue weighted by Crippen LogP contribution is 2.21. The first kappa shape index (κ1) is 16.4. The number of likely N-dealkylation sites (tertiary alicyclic amines) is 1. The normalized spacial score (nSPS) is 17.5. The third-order valence-electron chi connectivity index (χ3n) is 4.46. The Balaban J connectivity index is 1.60. The SMILES string of the molecule is Cc1nccc(CNC(=O)N2CCCC[C@H]2Cc2ccccc2)n1. The molecule has 2 heterocycles. The fourth-order valence-corrected chi connectivity index (χ4v) is 3.24. The Bertz CT molecular complexity index is 674. The summed E-state index contributed by atoms with van der Waals surface area (Å²) in [6.45, 7) is 3.12. The van der Waals surface area contributed by atoms with Crippen molar-refractivity contribution in [3.05, 3.63) is 59.7 Å². The summed E-state index contributed by atoms with van der Waals surface area (Å²) in [7, 11) is 0. The summed E-state index contributed by atoms with van der Waals surface area (Å²) >= 11 is 0. The average Bonchev–Trinajstić information content (AvgIpc) is 2.61. The minimum absolute atomic E-state index is 0.00639. The second-order valence-electron chi connectivity index (χ2n) is 6.29. The second-order valence-corrected chi connectivity index (χ2v) is 6.29. The molecule has 0 bridgehead atoms. The molecular weight excluding hydrogens is 300 g/mol. The quantitative estimate of drug-likeness (QED) is 0.940. The second kappa shape index (κ2) is 7.90. The maximum absolute atomic E-state index is 12.6. The molecule has 1 aromatic heterocycles. The fourth-order valence-electron chi connectivity index (χ4n) is 3.24. The van der Waals surface area contributed by atoms with E-state index in [1.165, 1.54) is 12.0 Å².